The van der Waals surface area contributed by atoms with Gasteiger partial charge in [0, 0.05) is 47.8 Å². The molecule has 4 unspecified atom stereocenters. The molecule has 2 aliphatic carbocycles. The quantitative estimate of drug-likeness (QED) is 0.517. The van der Waals surface area contributed by atoms with Crippen LogP contribution in [0.1, 0.15) is 26.7 Å². The van der Waals surface area contributed by atoms with Crippen LogP contribution in [0.3, 0.4) is 0 Å². The first kappa shape index (κ1) is 22.2. The van der Waals surface area contributed by atoms with Gasteiger partial charge in [-0.05, 0) is 36.1 Å². The molecule has 1 saturated heterocycles. The molecule has 3 rings (SSSR count). The van der Waals surface area contributed by atoms with Crippen LogP contribution in [0.25, 0.3) is 0 Å². The Morgan fingerprint density at radius 3 is 1.81 bits per heavy atom. The molecule has 3 aliphatic rings. The lowest BCUT2D eigenvalue weighted by atomic mass is 9.88. The van der Waals surface area contributed by atoms with Crippen LogP contribution in [0.15, 0.2) is 22.3 Å². The Morgan fingerprint density at radius 2 is 1.30 bits per heavy atom. The third-order valence-corrected chi connectivity index (χ3v) is 10.5. The Morgan fingerprint density at radius 1 is 0.815 bits per heavy atom. The Balaban J connectivity index is 1.82. The average Bonchev–Trinajstić information content (AvgIpc) is 3.11. The fraction of sp³-hybridized carbons (Fsp3) is 0.579. The molecular weight excluding hydrogens is 453 g/mol. The molecule has 0 aromatic rings. The minimum Gasteiger partial charge on any atom is -0.371 e. The summed E-state index contributed by atoms with van der Waals surface area (Å²) in [7, 11) is 3.35. The van der Waals surface area contributed by atoms with Crippen molar-refractivity contribution in [3.05, 3.63) is 22.3 Å². The maximum atomic E-state index is 5.63. The fourth-order valence-electron chi connectivity index (χ4n) is 3.69. The van der Waals surface area contributed by atoms with E-state index in [1.165, 1.54) is 22.3 Å². The normalized spacial score (nSPS) is 32.7. The molecule has 1 aliphatic heterocycles. The zero-order chi connectivity index (χ0) is 19.9. The number of methoxy groups -OCH3 is 2. The van der Waals surface area contributed by atoms with Gasteiger partial charge in [-0.1, -0.05) is 48.9 Å². The molecule has 0 amide bonds. The number of thiocarbonyl (C=S) groups is 4. The number of rotatable bonds is 4. The van der Waals surface area contributed by atoms with Crippen molar-refractivity contribution >= 4 is 91.9 Å². The van der Waals surface area contributed by atoms with Crippen molar-refractivity contribution in [1.82, 2.24) is 0 Å². The van der Waals surface area contributed by atoms with Crippen LogP contribution >= 0.6 is 72.4 Å². The van der Waals surface area contributed by atoms with E-state index in [9.17, 15) is 0 Å². The van der Waals surface area contributed by atoms with Crippen LogP contribution in [0.5, 0.6) is 0 Å². The van der Waals surface area contributed by atoms with E-state index < -0.39 is 0 Å². The van der Waals surface area contributed by atoms with Gasteiger partial charge in [0.2, 0.25) is 0 Å². The van der Waals surface area contributed by atoms with Crippen molar-refractivity contribution in [3.8, 4) is 0 Å². The molecule has 27 heavy (non-hydrogen) atoms. The van der Waals surface area contributed by atoms with Crippen molar-refractivity contribution < 1.29 is 9.47 Å². The summed E-state index contributed by atoms with van der Waals surface area (Å²) in [4.78, 5) is 3.48. The molecule has 0 N–H and O–H groups in total. The van der Waals surface area contributed by atoms with Gasteiger partial charge in [-0.25, -0.2) is 0 Å². The second-order valence-electron chi connectivity index (χ2n) is 6.84. The molecule has 8 heteroatoms. The Labute approximate surface area is 191 Å². The van der Waals surface area contributed by atoms with Crippen molar-refractivity contribution in [1.29, 1.82) is 0 Å². The molecule has 0 bridgehead atoms. The van der Waals surface area contributed by atoms with Gasteiger partial charge in [-0.2, -0.15) is 0 Å². The van der Waals surface area contributed by atoms with Crippen LogP contribution in [0, 0.1) is 0 Å². The third-order valence-electron chi connectivity index (χ3n) is 5.32. The topological polar surface area (TPSA) is 18.5 Å². The van der Waals surface area contributed by atoms with Crippen LogP contribution in [0.4, 0.5) is 0 Å². The van der Waals surface area contributed by atoms with Crippen molar-refractivity contribution in [3.63, 3.8) is 0 Å². The summed E-state index contributed by atoms with van der Waals surface area (Å²) in [5.41, 5.74) is 5.08. The van der Waals surface area contributed by atoms with Gasteiger partial charge in [0.1, 0.15) is 12.2 Å². The predicted molar refractivity (Wildman–Crippen MR) is 134 cm³/mol. The maximum absolute atomic E-state index is 5.63. The molecule has 1 heterocycles. The van der Waals surface area contributed by atoms with Crippen LogP contribution in [-0.4, -0.2) is 61.5 Å². The third kappa shape index (κ3) is 4.19. The molecule has 0 spiro atoms. The van der Waals surface area contributed by atoms with E-state index in [-0.39, 0.29) is 12.2 Å². The molecule has 0 radical (unpaired) electrons. The van der Waals surface area contributed by atoms with Crippen molar-refractivity contribution in [2.24, 2.45) is 0 Å². The van der Waals surface area contributed by atoms with Crippen LogP contribution < -0.4 is 0 Å². The van der Waals surface area contributed by atoms with Crippen molar-refractivity contribution in [2.45, 2.75) is 48.7 Å². The average molecular weight is 475 g/mol. The lowest BCUT2D eigenvalue weighted by Crippen LogP contribution is -2.37. The number of ether oxygens (including phenoxy) is 2. The highest BCUT2D eigenvalue weighted by Gasteiger charge is 2.39. The van der Waals surface area contributed by atoms with E-state index in [2.05, 4.69) is 13.8 Å². The Bertz CT molecular complexity index is 717. The standard InChI is InChI=1S/C19H22O2S6/c1-8-10(5-12(22)15(20-3)17(8)24)14-7-26-19(27-14)11-6-13(23)16(21-4)18(25)9(11)2/h14-16,19H,5-7H2,1-4H3. The van der Waals surface area contributed by atoms with Gasteiger partial charge < -0.3 is 9.47 Å². The van der Waals surface area contributed by atoms with E-state index in [1.807, 2.05) is 23.5 Å². The van der Waals surface area contributed by atoms with E-state index in [4.69, 9.17) is 58.3 Å². The Kier molecular flexibility index (Phi) is 7.45. The maximum Gasteiger partial charge on any atom is 0.124 e. The molecule has 146 valence electrons. The van der Waals surface area contributed by atoms with Gasteiger partial charge >= 0.3 is 0 Å². The van der Waals surface area contributed by atoms with Gasteiger partial charge in [-0.15, -0.1) is 23.5 Å². The Hall–Kier alpha value is 0.460. The summed E-state index contributed by atoms with van der Waals surface area (Å²) < 4.78 is 11.4. The van der Waals surface area contributed by atoms with Gasteiger partial charge in [0.05, 0.1) is 14.3 Å². The smallest absolute Gasteiger partial charge is 0.124 e. The SMILES string of the molecule is COC1C(=S)CC(C2CSC(C3=C(C)C(=S)C(OC)C(=S)C3)S2)=C(C)C1=S. The zero-order valence-corrected chi connectivity index (χ0v) is 20.6. The summed E-state index contributed by atoms with van der Waals surface area (Å²) in [6.07, 6.45) is 1.19. The summed E-state index contributed by atoms with van der Waals surface area (Å²) in [5, 5.41) is 0.413. The number of hydrogen-bond donors (Lipinski definition) is 0. The molecule has 1 fully saturated rings. The second kappa shape index (κ2) is 9.08. The highest BCUT2D eigenvalue weighted by atomic mass is 32.2. The van der Waals surface area contributed by atoms with Gasteiger partial charge in [0.15, 0.2) is 0 Å². The van der Waals surface area contributed by atoms with Crippen LogP contribution in [-0.2, 0) is 9.47 Å². The summed E-state index contributed by atoms with van der Waals surface area (Å²) in [5.74, 6) is 1.05. The fourth-order valence-corrected chi connectivity index (χ4v) is 8.98. The first-order valence-corrected chi connectivity index (χ1v) is 12.3. The second-order valence-corrected chi connectivity index (χ2v) is 11.5. The molecule has 0 aromatic heterocycles. The minimum atomic E-state index is -0.199. The first-order chi connectivity index (χ1) is 12.8. The number of hydrogen-bond acceptors (Lipinski definition) is 8. The lowest BCUT2D eigenvalue weighted by molar-refractivity contribution is 0.206. The molecule has 0 saturated carbocycles. The summed E-state index contributed by atoms with van der Waals surface area (Å²) in [6, 6.07) is 0. The summed E-state index contributed by atoms with van der Waals surface area (Å²) in [6.45, 7) is 4.22. The van der Waals surface area contributed by atoms with E-state index >= 15 is 0 Å². The van der Waals surface area contributed by atoms with E-state index in [0.717, 1.165) is 38.1 Å². The molecule has 0 aromatic carbocycles. The largest absolute Gasteiger partial charge is 0.371 e. The summed E-state index contributed by atoms with van der Waals surface area (Å²) >= 11 is 26.4. The van der Waals surface area contributed by atoms with E-state index in [0.29, 0.717) is 9.83 Å². The zero-order valence-electron chi connectivity index (χ0n) is 15.7. The number of thioether (sulfide) groups is 2. The molecule has 4 atom stereocenters. The van der Waals surface area contributed by atoms with Gasteiger partial charge in [-0.3, -0.25) is 0 Å². The van der Waals surface area contributed by atoms with E-state index in [1.54, 1.807) is 14.2 Å². The van der Waals surface area contributed by atoms with Crippen LogP contribution in [0.2, 0.25) is 0 Å². The lowest BCUT2D eigenvalue weighted by Gasteiger charge is -2.30. The highest BCUT2D eigenvalue weighted by molar-refractivity contribution is 8.20. The minimum absolute atomic E-state index is 0.197. The van der Waals surface area contributed by atoms with Gasteiger partial charge in [0.25, 0.3) is 0 Å². The van der Waals surface area contributed by atoms with Crippen molar-refractivity contribution in [2.75, 3.05) is 20.0 Å². The predicted octanol–water partition coefficient (Wildman–Crippen LogP) is 5.11. The first-order valence-electron chi connectivity index (χ1n) is 8.65. The monoisotopic (exact) mass is 474 g/mol. The highest BCUT2D eigenvalue weighted by Crippen LogP contribution is 2.49. The molecular formula is C19H22O2S6. The molecule has 2 nitrogen and oxygen atoms in total.